The Morgan fingerprint density at radius 3 is 2.37 bits per heavy atom. The predicted molar refractivity (Wildman–Crippen MR) is 163 cm³/mol. The summed E-state index contributed by atoms with van der Waals surface area (Å²) in [7, 11) is -2.82. The number of ether oxygens (including phenoxy) is 1. The molecule has 220 valence electrons. The first kappa shape index (κ1) is 32.0. The van der Waals surface area contributed by atoms with Gasteiger partial charge >= 0.3 is 0 Å². The first-order valence-electron chi connectivity index (χ1n) is 13.7. The van der Waals surface area contributed by atoms with Crippen molar-refractivity contribution in [3.63, 3.8) is 0 Å². The molecule has 0 bridgehead atoms. The Morgan fingerprint density at radius 1 is 1.00 bits per heavy atom. The molecule has 0 saturated carbocycles. The first-order chi connectivity index (χ1) is 19.6. The zero-order valence-electron chi connectivity index (χ0n) is 24.0. The fourth-order valence-corrected chi connectivity index (χ4v) is 6.13. The minimum atomic E-state index is -4.24. The lowest BCUT2D eigenvalue weighted by Crippen LogP contribution is -2.52. The molecule has 10 heteroatoms. The van der Waals surface area contributed by atoms with Gasteiger partial charge in [-0.2, -0.15) is 0 Å². The third-order valence-electron chi connectivity index (χ3n) is 6.67. The van der Waals surface area contributed by atoms with E-state index in [1.165, 1.54) is 30.2 Å². The number of halogens is 1. The zero-order chi connectivity index (χ0) is 30.0. The topological polar surface area (TPSA) is 96.0 Å². The lowest BCUT2D eigenvalue weighted by Gasteiger charge is -2.33. The van der Waals surface area contributed by atoms with Crippen LogP contribution >= 0.6 is 11.6 Å². The van der Waals surface area contributed by atoms with Gasteiger partial charge in [0.2, 0.25) is 11.8 Å². The molecule has 3 aromatic carbocycles. The van der Waals surface area contributed by atoms with Crippen LogP contribution in [0.1, 0.15) is 44.2 Å². The fourth-order valence-electron chi connectivity index (χ4n) is 4.52. The SMILES string of the molecule is CCCCNC(=O)[C@H](CC)N(Cc1cccc(C)c1)C(=O)CN(c1cc(Cl)ccc1OC)S(=O)(=O)c1ccccc1. The molecule has 0 fully saturated rings. The van der Waals surface area contributed by atoms with Gasteiger partial charge in [0.1, 0.15) is 18.3 Å². The van der Waals surface area contributed by atoms with E-state index in [4.69, 9.17) is 16.3 Å². The van der Waals surface area contributed by atoms with Gasteiger partial charge in [0.15, 0.2) is 0 Å². The van der Waals surface area contributed by atoms with Crippen molar-refractivity contribution in [2.45, 2.75) is 57.5 Å². The average Bonchev–Trinajstić information content (AvgIpc) is 2.96. The molecule has 1 atom stereocenters. The standard InChI is InChI=1S/C31H38ClN3O5S/c1-5-7-18-33-31(37)27(6-2)34(21-24-13-11-12-23(3)19-24)30(36)22-35(28-20-25(32)16-17-29(28)40-4)41(38,39)26-14-9-8-10-15-26/h8-17,19-20,27H,5-7,18,21-22H2,1-4H3,(H,33,37)/t27-/m0/s1. The Kier molecular flexibility index (Phi) is 11.6. The van der Waals surface area contributed by atoms with Gasteiger partial charge < -0.3 is 15.0 Å². The van der Waals surface area contributed by atoms with Crippen LogP contribution < -0.4 is 14.4 Å². The van der Waals surface area contributed by atoms with Gasteiger partial charge in [0.05, 0.1) is 17.7 Å². The van der Waals surface area contributed by atoms with Crippen LogP contribution in [0.4, 0.5) is 5.69 Å². The van der Waals surface area contributed by atoms with Crippen LogP contribution in [0.5, 0.6) is 5.75 Å². The van der Waals surface area contributed by atoms with Gasteiger partial charge in [-0.1, -0.05) is 79.9 Å². The maximum absolute atomic E-state index is 14.2. The van der Waals surface area contributed by atoms with Gasteiger partial charge in [-0.25, -0.2) is 8.42 Å². The largest absolute Gasteiger partial charge is 0.495 e. The number of carbonyl (C=O) groups is 2. The summed E-state index contributed by atoms with van der Waals surface area (Å²) in [6.45, 7) is 5.86. The molecular weight excluding hydrogens is 562 g/mol. The number of aryl methyl sites for hydroxylation is 1. The Morgan fingerprint density at radius 2 is 1.73 bits per heavy atom. The molecule has 2 amide bonds. The van der Waals surface area contributed by atoms with E-state index in [2.05, 4.69) is 5.32 Å². The van der Waals surface area contributed by atoms with Crippen molar-refractivity contribution >= 4 is 39.1 Å². The summed E-state index contributed by atoms with van der Waals surface area (Å²) in [5.74, 6) is -0.582. The number of nitrogens with zero attached hydrogens (tertiary/aromatic N) is 2. The highest BCUT2D eigenvalue weighted by atomic mass is 35.5. The quantitative estimate of drug-likeness (QED) is 0.244. The van der Waals surface area contributed by atoms with E-state index < -0.39 is 28.5 Å². The number of sulfonamides is 1. The van der Waals surface area contributed by atoms with Crippen molar-refractivity contribution in [3.05, 3.63) is 88.9 Å². The average molecular weight is 600 g/mol. The Bertz CT molecular complexity index is 1430. The van der Waals surface area contributed by atoms with Crippen molar-refractivity contribution in [1.29, 1.82) is 0 Å². The molecule has 0 unspecified atom stereocenters. The van der Waals surface area contributed by atoms with Crippen molar-refractivity contribution in [2.75, 3.05) is 24.5 Å². The second kappa shape index (κ2) is 14.9. The van der Waals surface area contributed by atoms with Crippen molar-refractivity contribution in [1.82, 2.24) is 10.2 Å². The summed E-state index contributed by atoms with van der Waals surface area (Å²) in [6.07, 6.45) is 2.07. The number of rotatable bonds is 14. The van der Waals surface area contributed by atoms with Crippen LogP contribution in [0.25, 0.3) is 0 Å². The highest BCUT2D eigenvalue weighted by Gasteiger charge is 2.34. The molecule has 0 aromatic heterocycles. The summed E-state index contributed by atoms with van der Waals surface area (Å²) < 4.78 is 34.5. The molecule has 3 rings (SSSR count). The normalized spacial score (nSPS) is 11.9. The molecule has 1 N–H and O–H groups in total. The van der Waals surface area contributed by atoms with E-state index in [1.54, 1.807) is 30.3 Å². The first-order valence-corrected chi connectivity index (χ1v) is 15.5. The van der Waals surface area contributed by atoms with Gasteiger partial charge in [0, 0.05) is 18.1 Å². The van der Waals surface area contributed by atoms with Crippen LogP contribution in [0.15, 0.2) is 77.7 Å². The van der Waals surface area contributed by atoms with Crippen LogP contribution in [-0.2, 0) is 26.2 Å². The molecule has 0 saturated heterocycles. The molecule has 0 aliphatic rings. The molecule has 41 heavy (non-hydrogen) atoms. The number of anilines is 1. The van der Waals surface area contributed by atoms with Crippen LogP contribution in [0, 0.1) is 6.92 Å². The highest BCUT2D eigenvalue weighted by molar-refractivity contribution is 7.92. The Balaban J connectivity index is 2.09. The third kappa shape index (κ3) is 8.24. The number of hydrogen-bond acceptors (Lipinski definition) is 5. The number of carbonyl (C=O) groups excluding carboxylic acids is 2. The summed E-state index contributed by atoms with van der Waals surface area (Å²) in [5.41, 5.74) is 1.96. The van der Waals surface area contributed by atoms with E-state index in [1.807, 2.05) is 45.0 Å². The second-order valence-corrected chi connectivity index (χ2v) is 12.0. The summed E-state index contributed by atoms with van der Waals surface area (Å²) >= 11 is 6.28. The lowest BCUT2D eigenvalue weighted by atomic mass is 10.1. The van der Waals surface area contributed by atoms with E-state index in [9.17, 15) is 18.0 Å². The van der Waals surface area contributed by atoms with Crippen molar-refractivity contribution in [2.24, 2.45) is 0 Å². The van der Waals surface area contributed by atoms with Crippen LogP contribution in [0.2, 0.25) is 5.02 Å². The zero-order valence-corrected chi connectivity index (χ0v) is 25.5. The number of nitrogens with one attached hydrogen (secondary N) is 1. The molecule has 0 aliphatic carbocycles. The van der Waals surface area contributed by atoms with Crippen molar-refractivity contribution < 1.29 is 22.7 Å². The molecule has 0 spiro atoms. The van der Waals surface area contributed by atoms with Crippen LogP contribution in [-0.4, -0.2) is 51.4 Å². The Labute approximate surface area is 248 Å². The smallest absolute Gasteiger partial charge is 0.264 e. The number of methoxy groups -OCH3 is 1. The van der Waals surface area contributed by atoms with Gasteiger partial charge in [-0.3, -0.25) is 13.9 Å². The maximum atomic E-state index is 14.2. The minimum Gasteiger partial charge on any atom is -0.495 e. The molecular formula is C31H38ClN3O5S. The van der Waals surface area contributed by atoms with Crippen molar-refractivity contribution in [3.8, 4) is 5.75 Å². The predicted octanol–water partition coefficient (Wildman–Crippen LogP) is 5.58. The number of hydrogen-bond donors (Lipinski definition) is 1. The summed E-state index contributed by atoms with van der Waals surface area (Å²) in [5, 5.41) is 3.21. The minimum absolute atomic E-state index is 0.00409. The second-order valence-electron chi connectivity index (χ2n) is 9.72. The van der Waals surface area contributed by atoms with Gasteiger partial charge in [-0.15, -0.1) is 0 Å². The lowest BCUT2D eigenvalue weighted by molar-refractivity contribution is -0.140. The molecule has 0 heterocycles. The molecule has 3 aromatic rings. The van der Waals surface area contributed by atoms with E-state index >= 15 is 0 Å². The van der Waals surface area contributed by atoms with E-state index in [0.29, 0.717) is 13.0 Å². The molecule has 0 radical (unpaired) electrons. The molecule has 8 nitrogen and oxygen atoms in total. The van der Waals surface area contributed by atoms with Gasteiger partial charge in [-0.05, 0) is 55.7 Å². The van der Waals surface area contributed by atoms with Crippen LogP contribution in [0.3, 0.4) is 0 Å². The van der Waals surface area contributed by atoms with E-state index in [0.717, 1.165) is 28.3 Å². The third-order valence-corrected chi connectivity index (χ3v) is 8.68. The van der Waals surface area contributed by atoms with E-state index in [-0.39, 0.29) is 33.8 Å². The Hall–Kier alpha value is -3.56. The number of amides is 2. The number of benzene rings is 3. The van der Waals surface area contributed by atoms with Gasteiger partial charge in [0.25, 0.3) is 10.0 Å². The molecule has 0 aliphatic heterocycles. The fraction of sp³-hybridized carbons (Fsp3) is 0.355. The summed E-state index contributed by atoms with van der Waals surface area (Å²) in [4.78, 5) is 28.9. The highest BCUT2D eigenvalue weighted by Crippen LogP contribution is 2.35. The monoisotopic (exact) mass is 599 g/mol. The number of unbranched alkanes of at least 4 members (excludes halogenated alkanes) is 1. The maximum Gasteiger partial charge on any atom is 0.264 e. The summed E-state index contributed by atoms with van der Waals surface area (Å²) in [6, 6.07) is 19.3.